The summed E-state index contributed by atoms with van der Waals surface area (Å²) in [5, 5.41) is 7.25. The van der Waals surface area contributed by atoms with Crippen LogP contribution in [0.1, 0.15) is 0 Å². The van der Waals surface area contributed by atoms with Crippen LogP contribution in [0.4, 0.5) is 4.70 Å². The van der Waals surface area contributed by atoms with Crippen molar-refractivity contribution >= 4 is 5.96 Å². The van der Waals surface area contributed by atoms with Crippen molar-refractivity contribution in [1.82, 2.24) is 9.80 Å². The average Bonchev–Trinajstić information content (AvgIpc) is 1.64. The zero-order chi connectivity index (χ0) is 6.73. The Morgan fingerprint density at radius 2 is 1.22 bits per heavy atom. The van der Waals surface area contributed by atoms with Gasteiger partial charge in [-0.25, -0.2) is 0 Å². The van der Waals surface area contributed by atoms with E-state index in [1.54, 1.807) is 9.80 Å². The van der Waals surface area contributed by atoms with E-state index in [4.69, 9.17) is 5.41 Å². The Morgan fingerprint density at radius 3 is 1.22 bits per heavy atom. The molecule has 0 aromatic carbocycles. The molecule has 0 amide bonds. The lowest BCUT2D eigenvalue weighted by Crippen LogP contribution is -2.34. The second kappa shape index (κ2) is 4.12. The molecular formula is C5H14FN3. The molecule has 9 heavy (non-hydrogen) atoms. The standard InChI is InChI=1S/C5H13N3.FH/c1-7(2)5(6)8(3)4;/h6H,1-4H3;1H. The number of hydrogen-bond donors (Lipinski definition) is 1. The molecule has 0 aliphatic rings. The first-order valence-corrected chi connectivity index (χ1v) is 2.49. The Balaban J connectivity index is 0. The second-order valence-corrected chi connectivity index (χ2v) is 2.11. The predicted octanol–water partition coefficient (Wildman–Crippen LogP) is 0.197. The van der Waals surface area contributed by atoms with Gasteiger partial charge in [0.2, 0.25) is 0 Å². The van der Waals surface area contributed by atoms with Gasteiger partial charge in [0.25, 0.3) is 0 Å². The monoisotopic (exact) mass is 135 g/mol. The largest absolute Gasteiger partial charge is 0.349 e. The summed E-state index contributed by atoms with van der Waals surface area (Å²) in [6.07, 6.45) is 0. The van der Waals surface area contributed by atoms with Crippen molar-refractivity contribution in [2.24, 2.45) is 0 Å². The topological polar surface area (TPSA) is 30.3 Å². The maximum atomic E-state index is 7.25. The fourth-order valence-electron chi connectivity index (χ4n) is 0.400. The number of nitrogens with zero attached hydrogens (tertiary/aromatic N) is 2. The first-order chi connectivity index (χ1) is 3.55. The molecule has 56 valence electrons. The molecule has 0 saturated carbocycles. The van der Waals surface area contributed by atoms with Crippen molar-refractivity contribution in [3.63, 3.8) is 0 Å². The third-order valence-corrected chi connectivity index (χ3v) is 0.847. The average molecular weight is 135 g/mol. The van der Waals surface area contributed by atoms with E-state index in [0.29, 0.717) is 5.96 Å². The summed E-state index contributed by atoms with van der Waals surface area (Å²) < 4.78 is 0. The van der Waals surface area contributed by atoms with Crippen molar-refractivity contribution < 1.29 is 4.70 Å². The number of halogens is 1. The van der Waals surface area contributed by atoms with Gasteiger partial charge in [-0.3, -0.25) is 10.1 Å². The zero-order valence-electron chi connectivity index (χ0n) is 6.30. The summed E-state index contributed by atoms with van der Waals surface area (Å²) in [7, 11) is 7.40. The van der Waals surface area contributed by atoms with Gasteiger partial charge in [-0.1, -0.05) is 0 Å². The van der Waals surface area contributed by atoms with Gasteiger partial charge in [0.05, 0.1) is 0 Å². The molecule has 0 aliphatic heterocycles. The molecule has 0 aromatic heterocycles. The fourth-order valence-corrected chi connectivity index (χ4v) is 0.400. The molecule has 0 heterocycles. The van der Waals surface area contributed by atoms with E-state index in [0.717, 1.165) is 0 Å². The third-order valence-electron chi connectivity index (χ3n) is 0.847. The molecule has 3 nitrogen and oxygen atoms in total. The van der Waals surface area contributed by atoms with Crippen molar-refractivity contribution in [2.45, 2.75) is 0 Å². The van der Waals surface area contributed by atoms with Gasteiger partial charge in [-0.15, -0.1) is 0 Å². The van der Waals surface area contributed by atoms with E-state index in [1.807, 2.05) is 28.2 Å². The van der Waals surface area contributed by atoms with Gasteiger partial charge in [-0.05, 0) is 0 Å². The van der Waals surface area contributed by atoms with E-state index in [-0.39, 0.29) is 4.70 Å². The van der Waals surface area contributed by atoms with Crippen LogP contribution in [-0.2, 0) is 0 Å². The smallest absolute Gasteiger partial charge is 0.192 e. The molecule has 0 rings (SSSR count). The molecule has 0 spiro atoms. The molecule has 0 saturated heterocycles. The van der Waals surface area contributed by atoms with Crippen LogP contribution in [-0.4, -0.2) is 44.0 Å². The zero-order valence-corrected chi connectivity index (χ0v) is 6.30. The maximum absolute atomic E-state index is 7.25. The SMILES string of the molecule is CN(C)C(=N)N(C)C.F. The molecule has 0 aromatic rings. The summed E-state index contributed by atoms with van der Waals surface area (Å²) in [4.78, 5) is 3.50. The third kappa shape index (κ3) is 3.76. The van der Waals surface area contributed by atoms with Crippen LogP contribution < -0.4 is 0 Å². The highest BCUT2D eigenvalue weighted by molar-refractivity contribution is 5.75. The molecule has 4 heteroatoms. The first-order valence-electron chi connectivity index (χ1n) is 2.49. The Hall–Kier alpha value is -0.800. The Labute approximate surface area is 55.1 Å². The maximum Gasteiger partial charge on any atom is 0.192 e. The molecule has 0 unspecified atom stereocenters. The normalized spacial score (nSPS) is 7.56. The van der Waals surface area contributed by atoms with E-state index >= 15 is 0 Å². The van der Waals surface area contributed by atoms with Crippen LogP contribution in [0.5, 0.6) is 0 Å². The minimum atomic E-state index is 0. The lowest BCUT2D eigenvalue weighted by Gasteiger charge is -2.19. The first kappa shape index (κ1) is 11.1. The summed E-state index contributed by atoms with van der Waals surface area (Å²) in [6, 6.07) is 0. The van der Waals surface area contributed by atoms with Crippen molar-refractivity contribution in [3.05, 3.63) is 0 Å². The number of rotatable bonds is 0. The van der Waals surface area contributed by atoms with Gasteiger partial charge < -0.3 is 9.80 Å². The Morgan fingerprint density at radius 1 is 1.00 bits per heavy atom. The quantitative estimate of drug-likeness (QED) is 0.380. The lowest BCUT2D eigenvalue weighted by molar-refractivity contribution is 0.478. The minimum absolute atomic E-state index is 0. The summed E-state index contributed by atoms with van der Waals surface area (Å²) in [5.74, 6) is 0.519. The van der Waals surface area contributed by atoms with Gasteiger partial charge in [0.1, 0.15) is 0 Å². The van der Waals surface area contributed by atoms with Gasteiger partial charge in [-0.2, -0.15) is 0 Å². The minimum Gasteiger partial charge on any atom is -0.349 e. The number of hydrogen-bond acceptors (Lipinski definition) is 1. The Kier molecular flexibility index (Phi) is 5.06. The highest BCUT2D eigenvalue weighted by Crippen LogP contribution is 1.80. The second-order valence-electron chi connectivity index (χ2n) is 2.11. The van der Waals surface area contributed by atoms with Crippen LogP contribution in [0, 0.1) is 5.41 Å². The van der Waals surface area contributed by atoms with Crippen LogP contribution in [0.15, 0.2) is 0 Å². The molecule has 0 atom stereocenters. The fraction of sp³-hybridized carbons (Fsp3) is 0.800. The van der Waals surface area contributed by atoms with Crippen molar-refractivity contribution in [1.29, 1.82) is 5.41 Å². The highest BCUT2D eigenvalue weighted by Gasteiger charge is 1.97. The summed E-state index contributed by atoms with van der Waals surface area (Å²) in [6.45, 7) is 0. The molecule has 0 aliphatic carbocycles. The van der Waals surface area contributed by atoms with Crippen LogP contribution in [0.2, 0.25) is 0 Å². The molecule has 0 bridgehead atoms. The highest BCUT2D eigenvalue weighted by atomic mass is 19.0. The van der Waals surface area contributed by atoms with Gasteiger partial charge in [0.15, 0.2) is 5.96 Å². The number of nitrogens with one attached hydrogen (secondary N) is 1. The molecule has 1 N–H and O–H groups in total. The van der Waals surface area contributed by atoms with Gasteiger partial charge >= 0.3 is 0 Å². The summed E-state index contributed by atoms with van der Waals surface area (Å²) >= 11 is 0. The van der Waals surface area contributed by atoms with E-state index in [9.17, 15) is 0 Å². The summed E-state index contributed by atoms with van der Waals surface area (Å²) in [5.41, 5.74) is 0. The Bertz CT molecular complexity index is 80.2. The van der Waals surface area contributed by atoms with Gasteiger partial charge in [0, 0.05) is 28.2 Å². The molecule has 0 radical (unpaired) electrons. The van der Waals surface area contributed by atoms with Crippen LogP contribution >= 0.6 is 0 Å². The molecular weight excluding hydrogens is 121 g/mol. The van der Waals surface area contributed by atoms with Crippen molar-refractivity contribution in [2.75, 3.05) is 28.2 Å². The van der Waals surface area contributed by atoms with Crippen LogP contribution in [0.3, 0.4) is 0 Å². The van der Waals surface area contributed by atoms with Crippen molar-refractivity contribution in [3.8, 4) is 0 Å². The predicted molar refractivity (Wildman–Crippen MR) is 37.6 cm³/mol. The van der Waals surface area contributed by atoms with Crippen LogP contribution in [0.25, 0.3) is 0 Å². The number of guanidine groups is 1. The van der Waals surface area contributed by atoms with E-state index < -0.39 is 0 Å². The van der Waals surface area contributed by atoms with E-state index in [1.165, 1.54) is 0 Å². The molecule has 0 fully saturated rings. The van der Waals surface area contributed by atoms with E-state index in [2.05, 4.69) is 0 Å². The lowest BCUT2D eigenvalue weighted by atomic mass is 10.7.